The lowest BCUT2D eigenvalue weighted by Crippen LogP contribution is -2.37. The van der Waals surface area contributed by atoms with Gasteiger partial charge in [-0.3, -0.25) is 0 Å². The summed E-state index contributed by atoms with van der Waals surface area (Å²) in [4.78, 5) is 0. The summed E-state index contributed by atoms with van der Waals surface area (Å²) in [5.41, 5.74) is 1.60. The fourth-order valence-corrected chi connectivity index (χ4v) is 2.86. The molecular weight excluding hydrogens is 196 g/mol. The van der Waals surface area contributed by atoms with Crippen LogP contribution in [0, 0.1) is 17.3 Å². The van der Waals surface area contributed by atoms with Crippen LogP contribution >= 0.6 is 0 Å². The topological polar surface area (TPSA) is 9.23 Å². The molecule has 0 bridgehead atoms. The highest BCUT2D eigenvalue weighted by Crippen LogP contribution is 2.46. The Balaban J connectivity index is 2.43. The maximum atomic E-state index is 5.72. The zero-order valence-electron chi connectivity index (χ0n) is 11.5. The molecule has 1 aliphatic rings. The van der Waals surface area contributed by atoms with Crippen molar-refractivity contribution in [3.63, 3.8) is 0 Å². The van der Waals surface area contributed by atoms with Gasteiger partial charge in [-0.1, -0.05) is 52.2 Å². The van der Waals surface area contributed by atoms with Crippen LogP contribution in [0.25, 0.3) is 0 Å². The third kappa shape index (κ3) is 3.35. The molecule has 0 aromatic carbocycles. The predicted molar refractivity (Wildman–Crippen MR) is 70.5 cm³/mol. The lowest BCUT2D eigenvalue weighted by atomic mass is 9.62. The lowest BCUT2D eigenvalue weighted by Gasteiger charge is -2.44. The first-order chi connectivity index (χ1) is 7.47. The summed E-state index contributed by atoms with van der Waals surface area (Å²) >= 11 is 0. The summed E-state index contributed by atoms with van der Waals surface area (Å²) in [5.74, 6) is 1.49. The fraction of sp³-hybridized carbons (Fsp3) is 0.867. The van der Waals surface area contributed by atoms with Crippen LogP contribution in [0.3, 0.4) is 0 Å². The van der Waals surface area contributed by atoms with Crippen LogP contribution in [-0.2, 0) is 4.74 Å². The predicted octanol–water partition coefficient (Wildman–Crippen LogP) is 4.43. The molecule has 1 saturated carbocycles. The molecule has 0 aliphatic heterocycles. The average molecular weight is 224 g/mol. The van der Waals surface area contributed by atoms with Gasteiger partial charge in [0.1, 0.15) is 0 Å². The first-order valence-electron chi connectivity index (χ1n) is 6.69. The Morgan fingerprint density at radius 3 is 2.75 bits per heavy atom. The summed E-state index contributed by atoms with van der Waals surface area (Å²) in [5, 5.41) is 0. The van der Waals surface area contributed by atoms with E-state index in [0.29, 0.717) is 11.3 Å². The number of hydrogen-bond acceptors (Lipinski definition) is 1. The van der Waals surface area contributed by atoms with Gasteiger partial charge in [-0.2, -0.15) is 0 Å². The minimum atomic E-state index is 0.479. The van der Waals surface area contributed by atoms with Crippen molar-refractivity contribution < 1.29 is 4.74 Å². The van der Waals surface area contributed by atoms with E-state index in [4.69, 9.17) is 4.74 Å². The molecule has 0 aromatic heterocycles. The molecule has 0 radical (unpaired) electrons. The van der Waals surface area contributed by atoms with Crippen molar-refractivity contribution in [3.8, 4) is 0 Å². The molecular formula is C15H28O. The molecule has 0 spiro atoms. The number of rotatable bonds is 5. The second-order valence-electron chi connectivity index (χ2n) is 6.03. The zero-order chi connectivity index (χ0) is 12.2. The summed E-state index contributed by atoms with van der Waals surface area (Å²) < 4.78 is 5.72. The molecule has 1 heteroatoms. The zero-order valence-corrected chi connectivity index (χ0v) is 11.5. The van der Waals surface area contributed by atoms with E-state index in [1.54, 1.807) is 0 Å². The Morgan fingerprint density at radius 1 is 1.50 bits per heavy atom. The molecule has 1 fully saturated rings. The van der Waals surface area contributed by atoms with Crippen LogP contribution in [0.5, 0.6) is 0 Å². The summed E-state index contributed by atoms with van der Waals surface area (Å²) in [6.45, 7) is 14.7. The monoisotopic (exact) mass is 224 g/mol. The van der Waals surface area contributed by atoms with Gasteiger partial charge in [0.2, 0.25) is 0 Å². The van der Waals surface area contributed by atoms with Crippen LogP contribution in [0.2, 0.25) is 0 Å². The van der Waals surface area contributed by atoms with E-state index in [1.807, 2.05) is 6.92 Å². The van der Waals surface area contributed by atoms with Crippen LogP contribution in [-0.4, -0.2) is 13.2 Å². The minimum absolute atomic E-state index is 0.479. The molecule has 16 heavy (non-hydrogen) atoms. The van der Waals surface area contributed by atoms with E-state index in [9.17, 15) is 0 Å². The highest BCUT2D eigenvalue weighted by atomic mass is 16.5. The van der Waals surface area contributed by atoms with Gasteiger partial charge in [-0.25, -0.2) is 0 Å². The largest absolute Gasteiger partial charge is 0.377 e. The third-order valence-electron chi connectivity index (χ3n) is 4.57. The van der Waals surface area contributed by atoms with Gasteiger partial charge in [0.05, 0.1) is 13.2 Å². The van der Waals surface area contributed by atoms with E-state index in [-0.39, 0.29) is 0 Å². The van der Waals surface area contributed by atoms with E-state index in [2.05, 4.69) is 27.4 Å². The van der Waals surface area contributed by atoms with E-state index < -0.39 is 0 Å². The molecule has 94 valence electrons. The summed E-state index contributed by atoms with van der Waals surface area (Å²) in [6.07, 6.45) is 5.56. The highest BCUT2D eigenvalue weighted by molar-refractivity contribution is 4.90. The SMILES string of the molecule is C=C(C)COCC(C)C1(C)CCCCC1C. The average Bonchev–Trinajstić information content (AvgIpc) is 2.22. The van der Waals surface area contributed by atoms with Gasteiger partial charge in [-0.05, 0) is 30.6 Å². The second kappa shape index (κ2) is 5.86. The molecule has 1 nitrogen and oxygen atoms in total. The molecule has 3 atom stereocenters. The van der Waals surface area contributed by atoms with Crippen LogP contribution in [0.4, 0.5) is 0 Å². The highest BCUT2D eigenvalue weighted by Gasteiger charge is 2.38. The van der Waals surface area contributed by atoms with Crippen molar-refractivity contribution in [2.24, 2.45) is 17.3 Å². The molecule has 3 unspecified atom stereocenters. The fourth-order valence-electron chi connectivity index (χ4n) is 2.86. The Labute approximate surface area is 101 Å². The smallest absolute Gasteiger partial charge is 0.0671 e. The van der Waals surface area contributed by atoms with Gasteiger partial charge in [0.25, 0.3) is 0 Å². The molecule has 0 saturated heterocycles. The quantitative estimate of drug-likeness (QED) is 0.628. The molecule has 1 aliphatic carbocycles. The Bertz CT molecular complexity index is 234. The van der Waals surface area contributed by atoms with Crippen molar-refractivity contribution in [1.29, 1.82) is 0 Å². The molecule has 0 N–H and O–H groups in total. The first kappa shape index (κ1) is 13.8. The van der Waals surface area contributed by atoms with Crippen molar-refractivity contribution >= 4 is 0 Å². The minimum Gasteiger partial charge on any atom is -0.377 e. The molecule has 1 rings (SSSR count). The maximum absolute atomic E-state index is 5.72. The van der Waals surface area contributed by atoms with Gasteiger partial charge in [0, 0.05) is 0 Å². The van der Waals surface area contributed by atoms with Gasteiger partial charge < -0.3 is 4.74 Å². The van der Waals surface area contributed by atoms with E-state index in [1.165, 1.54) is 25.7 Å². The van der Waals surface area contributed by atoms with Crippen molar-refractivity contribution in [2.75, 3.05) is 13.2 Å². The summed E-state index contributed by atoms with van der Waals surface area (Å²) in [6, 6.07) is 0. The molecule has 0 aromatic rings. The van der Waals surface area contributed by atoms with Crippen molar-refractivity contribution in [3.05, 3.63) is 12.2 Å². The standard InChI is InChI=1S/C15H28O/c1-12(2)10-16-11-14(4)15(5)9-7-6-8-13(15)3/h13-14H,1,6-11H2,2-5H3. The van der Waals surface area contributed by atoms with Crippen molar-refractivity contribution in [2.45, 2.75) is 53.4 Å². The summed E-state index contributed by atoms with van der Waals surface area (Å²) in [7, 11) is 0. The van der Waals surface area contributed by atoms with E-state index >= 15 is 0 Å². The Morgan fingerprint density at radius 2 is 2.19 bits per heavy atom. The number of ether oxygens (including phenoxy) is 1. The van der Waals surface area contributed by atoms with Gasteiger partial charge in [0.15, 0.2) is 0 Å². The van der Waals surface area contributed by atoms with Crippen molar-refractivity contribution in [1.82, 2.24) is 0 Å². The Kier molecular flexibility index (Phi) is 5.04. The Hall–Kier alpha value is -0.300. The lowest BCUT2D eigenvalue weighted by molar-refractivity contribution is 0.00503. The third-order valence-corrected chi connectivity index (χ3v) is 4.57. The van der Waals surface area contributed by atoms with Crippen LogP contribution in [0.15, 0.2) is 12.2 Å². The molecule has 0 amide bonds. The van der Waals surface area contributed by atoms with E-state index in [0.717, 1.165) is 24.7 Å². The van der Waals surface area contributed by atoms with Crippen LogP contribution < -0.4 is 0 Å². The second-order valence-corrected chi connectivity index (χ2v) is 6.03. The maximum Gasteiger partial charge on any atom is 0.0671 e. The van der Waals surface area contributed by atoms with Gasteiger partial charge >= 0.3 is 0 Å². The first-order valence-corrected chi connectivity index (χ1v) is 6.69. The van der Waals surface area contributed by atoms with Gasteiger partial charge in [-0.15, -0.1) is 0 Å². The number of hydrogen-bond donors (Lipinski definition) is 0. The molecule has 0 heterocycles. The van der Waals surface area contributed by atoms with Crippen LogP contribution in [0.1, 0.15) is 53.4 Å². The normalized spacial score (nSPS) is 32.4.